The van der Waals surface area contributed by atoms with Gasteiger partial charge in [-0.3, -0.25) is 9.98 Å². The maximum absolute atomic E-state index is 5.65. The van der Waals surface area contributed by atoms with Crippen LogP contribution in [0.15, 0.2) is 33.9 Å². The quantitative estimate of drug-likeness (QED) is 0.765. The number of nitrogens with two attached hydrogens (primary N) is 1. The summed E-state index contributed by atoms with van der Waals surface area (Å²) in [4.78, 5) is 11.9. The predicted molar refractivity (Wildman–Crippen MR) is 99.6 cm³/mol. The third kappa shape index (κ3) is 6.89. The molecule has 1 radical (unpaired) electrons. The van der Waals surface area contributed by atoms with Crippen molar-refractivity contribution in [2.45, 2.75) is 45.2 Å². The van der Waals surface area contributed by atoms with Crippen molar-refractivity contribution in [3.05, 3.63) is 29.2 Å². The van der Waals surface area contributed by atoms with E-state index in [0.29, 0.717) is 0 Å². The summed E-state index contributed by atoms with van der Waals surface area (Å²) in [5, 5.41) is 4.79. The molecule has 0 aliphatic carbocycles. The van der Waals surface area contributed by atoms with Crippen molar-refractivity contribution in [2.24, 2.45) is 15.7 Å². The van der Waals surface area contributed by atoms with Gasteiger partial charge in [0, 0.05) is 31.1 Å². The van der Waals surface area contributed by atoms with Gasteiger partial charge < -0.3 is 16.0 Å². The van der Waals surface area contributed by atoms with Crippen LogP contribution in [0.3, 0.4) is 0 Å². The number of allylic oxidation sites excluding steroid dienone is 3. The number of hydrogen-bond acceptors (Lipinski definition) is 4. The summed E-state index contributed by atoms with van der Waals surface area (Å²) in [5.41, 5.74) is 7.67. The molecule has 0 amide bonds. The Hall–Kier alpha value is -0.941. The normalized spacial score (nSPS) is 25.8. The first kappa shape index (κ1) is 21.1. The van der Waals surface area contributed by atoms with E-state index < -0.39 is 0 Å². The fourth-order valence-corrected chi connectivity index (χ4v) is 2.83. The fraction of sp³-hybridized carbons (Fsp3) is 0.667. The van der Waals surface area contributed by atoms with Crippen molar-refractivity contribution in [3.63, 3.8) is 0 Å². The van der Waals surface area contributed by atoms with Crippen LogP contribution in [-0.2, 0) is 17.1 Å². The van der Waals surface area contributed by atoms with Gasteiger partial charge in [-0.2, -0.15) is 0 Å². The molecule has 0 fully saturated rings. The van der Waals surface area contributed by atoms with Crippen LogP contribution >= 0.6 is 0 Å². The van der Waals surface area contributed by atoms with E-state index in [0.717, 1.165) is 63.4 Å². The van der Waals surface area contributed by atoms with Crippen LogP contribution in [-0.4, -0.2) is 61.6 Å². The van der Waals surface area contributed by atoms with Gasteiger partial charge in [-0.25, -0.2) is 0 Å². The standard InChI is InChI=1S/C18H30N5.Cu/c1-15-17-7-3-8-18(22-17)16(2)21-11-6-14-23(12-4-9-19)13-5-10-20-15;/h3,7-8,10,15,17H,4-6,9,11-14,19H2,1-2H3;/q-1;+2. The van der Waals surface area contributed by atoms with Crippen molar-refractivity contribution < 1.29 is 17.1 Å². The summed E-state index contributed by atoms with van der Waals surface area (Å²) >= 11 is 0. The van der Waals surface area contributed by atoms with Gasteiger partial charge in [0.1, 0.15) is 0 Å². The van der Waals surface area contributed by atoms with E-state index in [9.17, 15) is 0 Å². The Morgan fingerprint density at radius 1 is 1.38 bits per heavy atom. The van der Waals surface area contributed by atoms with E-state index in [4.69, 9.17) is 16.0 Å². The van der Waals surface area contributed by atoms with Gasteiger partial charge in [-0.05, 0) is 52.7 Å². The van der Waals surface area contributed by atoms with Gasteiger partial charge in [0.15, 0.2) is 0 Å². The second-order valence-electron chi connectivity index (χ2n) is 6.22. The molecule has 2 heterocycles. The molecule has 2 aliphatic heterocycles. The van der Waals surface area contributed by atoms with Gasteiger partial charge in [0.2, 0.25) is 0 Å². The summed E-state index contributed by atoms with van der Waals surface area (Å²) in [5.74, 6) is 0. The smallest absolute Gasteiger partial charge is 0.675 e. The van der Waals surface area contributed by atoms with E-state index in [1.54, 1.807) is 0 Å². The molecule has 2 atom stereocenters. The minimum atomic E-state index is 0. The number of nitrogens with zero attached hydrogens (tertiary/aromatic N) is 4. The molecule has 5 nitrogen and oxygen atoms in total. The molecule has 24 heavy (non-hydrogen) atoms. The number of hydrogen-bond donors (Lipinski definition) is 1. The first-order valence-electron chi connectivity index (χ1n) is 8.75. The van der Waals surface area contributed by atoms with E-state index in [-0.39, 0.29) is 29.2 Å². The van der Waals surface area contributed by atoms with Crippen LogP contribution in [0.25, 0.3) is 5.32 Å². The molecule has 6 heteroatoms. The van der Waals surface area contributed by atoms with E-state index in [1.165, 1.54) is 0 Å². The minimum Gasteiger partial charge on any atom is -0.675 e. The molecule has 0 spiro atoms. The summed E-state index contributed by atoms with van der Waals surface area (Å²) in [6, 6.07) is 0.288. The van der Waals surface area contributed by atoms with Gasteiger partial charge >= 0.3 is 17.1 Å². The maximum Gasteiger partial charge on any atom is 2.00 e. The molecule has 137 valence electrons. The molecule has 2 aliphatic rings. The van der Waals surface area contributed by atoms with Crippen molar-refractivity contribution in [1.29, 1.82) is 0 Å². The Kier molecular flexibility index (Phi) is 10.2. The third-order valence-electron chi connectivity index (χ3n) is 4.29. The Balaban J connectivity index is 0.00000288. The zero-order valence-corrected chi connectivity index (χ0v) is 15.7. The average Bonchev–Trinajstić information content (AvgIpc) is 2.58. The number of fused-ring (bicyclic) bond motifs is 2. The Morgan fingerprint density at radius 2 is 2.21 bits per heavy atom. The fourth-order valence-electron chi connectivity index (χ4n) is 2.83. The molecule has 0 aromatic carbocycles. The molecule has 2 rings (SSSR count). The molecule has 2 bridgehead atoms. The summed E-state index contributed by atoms with van der Waals surface area (Å²) in [7, 11) is 0. The molecule has 0 saturated carbocycles. The monoisotopic (exact) mass is 379 g/mol. The van der Waals surface area contributed by atoms with E-state index in [1.807, 2.05) is 6.08 Å². The largest absolute Gasteiger partial charge is 2.00 e. The van der Waals surface area contributed by atoms with Crippen LogP contribution in [0, 0.1) is 0 Å². The van der Waals surface area contributed by atoms with Gasteiger partial charge in [0.05, 0.1) is 0 Å². The van der Waals surface area contributed by atoms with Crippen molar-refractivity contribution in [1.82, 2.24) is 4.90 Å². The van der Waals surface area contributed by atoms with Crippen LogP contribution < -0.4 is 5.73 Å². The van der Waals surface area contributed by atoms with Crippen molar-refractivity contribution >= 4 is 11.9 Å². The van der Waals surface area contributed by atoms with Crippen LogP contribution in [0.4, 0.5) is 0 Å². The molecule has 2 N–H and O–H groups in total. The van der Waals surface area contributed by atoms with Gasteiger partial charge in [-0.1, -0.05) is 24.3 Å². The molecule has 0 aromatic rings. The number of rotatable bonds is 3. The molecular formula is C18H30CuN5+. The third-order valence-corrected chi connectivity index (χ3v) is 4.29. The van der Waals surface area contributed by atoms with Gasteiger partial charge in [-0.15, -0.1) is 5.70 Å². The second kappa shape index (κ2) is 11.6. The first-order chi connectivity index (χ1) is 11.2. The topological polar surface area (TPSA) is 68.1 Å². The Bertz CT molecular complexity index is 484. The summed E-state index contributed by atoms with van der Waals surface area (Å²) < 4.78 is 0. The van der Waals surface area contributed by atoms with E-state index >= 15 is 0 Å². The van der Waals surface area contributed by atoms with Gasteiger partial charge in [0.25, 0.3) is 0 Å². The van der Waals surface area contributed by atoms with Crippen LogP contribution in [0.2, 0.25) is 0 Å². The van der Waals surface area contributed by atoms with Crippen LogP contribution in [0.1, 0.15) is 33.1 Å². The van der Waals surface area contributed by atoms with E-state index in [2.05, 4.69) is 42.1 Å². The summed E-state index contributed by atoms with van der Waals surface area (Å²) in [6.07, 6.45) is 11.4. The second-order valence-corrected chi connectivity index (χ2v) is 6.22. The molecular weight excluding hydrogens is 350 g/mol. The average molecular weight is 380 g/mol. The summed E-state index contributed by atoms with van der Waals surface area (Å²) in [6.45, 7) is 8.97. The van der Waals surface area contributed by atoms with Crippen molar-refractivity contribution in [3.8, 4) is 0 Å². The first-order valence-corrected chi connectivity index (χ1v) is 8.75. The molecule has 0 saturated heterocycles. The Labute approximate surface area is 157 Å². The van der Waals surface area contributed by atoms with Crippen molar-refractivity contribution in [2.75, 3.05) is 32.7 Å². The van der Waals surface area contributed by atoms with Crippen LogP contribution in [0.5, 0.6) is 0 Å². The number of aliphatic imine (C=N–C) groups is 2. The molecule has 0 aromatic heterocycles. The Morgan fingerprint density at radius 3 is 3.00 bits per heavy atom. The molecule has 2 unspecified atom stereocenters. The maximum atomic E-state index is 5.65. The zero-order valence-electron chi connectivity index (χ0n) is 14.8. The zero-order chi connectivity index (χ0) is 16.5. The minimum absolute atomic E-state index is 0. The SMILES string of the molecule is CC1=NCCCN(CCCN)CCC=NC(C)C2C=CC=C1[N-]2.[Cu+2]. The predicted octanol–water partition coefficient (Wildman–Crippen LogP) is 2.54.